The van der Waals surface area contributed by atoms with Crippen molar-refractivity contribution in [3.05, 3.63) is 28.4 Å². The Morgan fingerprint density at radius 2 is 2.29 bits per heavy atom. The van der Waals surface area contributed by atoms with Gasteiger partial charge in [-0.05, 0) is 45.6 Å². The monoisotopic (exact) mass is 336 g/mol. The number of amides is 1. The first-order valence-corrected chi connectivity index (χ1v) is 8.07. The number of aromatic nitrogens is 1. The molecule has 0 aromatic carbocycles. The van der Waals surface area contributed by atoms with Gasteiger partial charge in [0.2, 0.25) is 5.82 Å². The largest absolute Gasteiger partial charge is 0.444 e. The summed E-state index contributed by atoms with van der Waals surface area (Å²) in [5.74, 6) is 0.463. The highest BCUT2D eigenvalue weighted by molar-refractivity contribution is 5.68. The molecule has 1 N–H and O–H groups in total. The van der Waals surface area contributed by atoms with E-state index in [1.807, 2.05) is 20.8 Å². The number of hydrogen-bond donors (Lipinski definition) is 1. The van der Waals surface area contributed by atoms with Crippen LogP contribution in [0.1, 0.15) is 33.6 Å². The van der Waals surface area contributed by atoms with E-state index >= 15 is 0 Å². The summed E-state index contributed by atoms with van der Waals surface area (Å²) in [5, 5.41) is 14.0. The Balaban J connectivity index is 1.92. The second-order valence-electron chi connectivity index (χ2n) is 6.94. The van der Waals surface area contributed by atoms with E-state index in [2.05, 4.69) is 10.3 Å². The number of likely N-dealkylation sites (tertiary alicyclic amines) is 1. The maximum atomic E-state index is 12.2. The number of nitro groups is 1. The summed E-state index contributed by atoms with van der Waals surface area (Å²) < 4.78 is 5.40. The van der Waals surface area contributed by atoms with Gasteiger partial charge in [0.1, 0.15) is 5.60 Å². The number of ether oxygens (including phenoxy) is 1. The zero-order valence-corrected chi connectivity index (χ0v) is 14.3. The minimum absolute atomic E-state index is 0.0442. The molecule has 0 aliphatic carbocycles. The first kappa shape index (κ1) is 18.0. The lowest BCUT2D eigenvalue weighted by molar-refractivity contribution is -0.384. The second-order valence-corrected chi connectivity index (χ2v) is 6.94. The van der Waals surface area contributed by atoms with Crippen LogP contribution in [0.25, 0.3) is 0 Å². The molecule has 8 heteroatoms. The highest BCUT2D eigenvalue weighted by Crippen LogP contribution is 2.23. The molecular weight excluding hydrogens is 312 g/mol. The van der Waals surface area contributed by atoms with Crippen molar-refractivity contribution in [2.24, 2.45) is 5.92 Å². The van der Waals surface area contributed by atoms with Gasteiger partial charge in [-0.15, -0.1) is 0 Å². The molecule has 0 unspecified atom stereocenters. The minimum Gasteiger partial charge on any atom is -0.444 e. The van der Waals surface area contributed by atoms with E-state index in [0.717, 1.165) is 12.8 Å². The van der Waals surface area contributed by atoms with Crippen molar-refractivity contribution in [2.75, 3.05) is 25.0 Å². The van der Waals surface area contributed by atoms with Crippen LogP contribution in [-0.2, 0) is 4.74 Å². The Labute approximate surface area is 141 Å². The van der Waals surface area contributed by atoms with Crippen molar-refractivity contribution in [3.63, 3.8) is 0 Å². The number of hydrogen-bond acceptors (Lipinski definition) is 6. The van der Waals surface area contributed by atoms with E-state index in [1.54, 1.807) is 4.90 Å². The summed E-state index contributed by atoms with van der Waals surface area (Å²) in [6, 6.07) is 2.96. The van der Waals surface area contributed by atoms with Crippen LogP contribution < -0.4 is 5.32 Å². The summed E-state index contributed by atoms with van der Waals surface area (Å²) in [7, 11) is 0. The third kappa shape index (κ3) is 5.07. The van der Waals surface area contributed by atoms with Crippen LogP contribution in [0.5, 0.6) is 0 Å². The van der Waals surface area contributed by atoms with Crippen molar-refractivity contribution in [3.8, 4) is 0 Å². The van der Waals surface area contributed by atoms with Crippen LogP contribution in [0.3, 0.4) is 0 Å². The van der Waals surface area contributed by atoms with Gasteiger partial charge in [-0.25, -0.2) is 9.78 Å². The van der Waals surface area contributed by atoms with Crippen LogP contribution in [0.15, 0.2) is 18.3 Å². The van der Waals surface area contributed by atoms with Crippen molar-refractivity contribution in [1.82, 2.24) is 9.88 Å². The summed E-state index contributed by atoms with van der Waals surface area (Å²) in [6.45, 7) is 7.30. The molecule has 1 aliphatic rings. The van der Waals surface area contributed by atoms with E-state index in [4.69, 9.17) is 4.74 Å². The molecule has 1 aromatic heterocycles. The van der Waals surface area contributed by atoms with E-state index in [0.29, 0.717) is 19.6 Å². The lowest BCUT2D eigenvalue weighted by Gasteiger charge is -2.34. The SMILES string of the molecule is CC(C)(C)OC(=O)N1CCC[C@@H](CNc2ncccc2[N+](=O)[O-])C1. The van der Waals surface area contributed by atoms with Gasteiger partial charge in [0, 0.05) is 31.9 Å². The van der Waals surface area contributed by atoms with Crippen LogP contribution >= 0.6 is 0 Å². The van der Waals surface area contributed by atoms with Crippen molar-refractivity contribution >= 4 is 17.6 Å². The molecule has 1 fully saturated rings. The topological polar surface area (TPSA) is 97.6 Å². The van der Waals surface area contributed by atoms with Gasteiger partial charge in [-0.3, -0.25) is 10.1 Å². The van der Waals surface area contributed by atoms with Gasteiger partial charge < -0.3 is 15.0 Å². The van der Waals surface area contributed by atoms with Crippen LogP contribution in [0, 0.1) is 16.0 Å². The number of carbonyl (C=O) groups is 1. The van der Waals surface area contributed by atoms with Gasteiger partial charge in [-0.1, -0.05) is 0 Å². The normalized spacial score (nSPS) is 18.1. The average molecular weight is 336 g/mol. The summed E-state index contributed by atoms with van der Waals surface area (Å²) in [6.07, 6.45) is 3.04. The zero-order chi connectivity index (χ0) is 17.7. The number of nitrogens with zero attached hydrogens (tertiary/aromatic N) is 3. The molecule has 1 saturated heterocycles. The van der Waals surface area contributed by atoms with Crippen LogP contribution in [0.4, 0.5) is 16.3 Å². The van der Waals surface area contributed by atoms with Crippen molar-refractivity contribution in [1.29, 1.82) is 0 Å². The number of piperidine rings is 1. The number of nitrogens with one attached hydrogen (secondary N) is 1. The maximum absolute atomic E-state index is 12.2. The Hall–Kier alpha value is -2.38. The Bertz CT molecular complexity index is 600. The predicted octanol–water partition coefficient (Wildman–Crippen LogP) is 3.05. The third-order valence-electron chi connectivity index (χ3n) is 3.71. The summed E-state index contributed by atoms with van der Waals surface area (Å²) in [5.41, 5.74) is -0.561. The lowest BCUT2D eigenvalue weighted by Crippen LogP contribution is -2.44. The Morgan fingerprint density at radius 1 is 1.54 bits per heavy atom. The molecular formula is C16H24N4O4. The fourth-order valence-electron chi connectivity index (χ4n) is 2.65. The highest BCUT2D eigenvalue weighted by atomic mass is 16.6. The number of rotatable bonds is 4. The van der Waals surface area contributed by atoms with E-state index < -0.39 is 10.5 Å². The second kappa shape index (κ2) is 7.46. The van der Waals surface area contributed by atoms with Gasteiger partial charge in [0.05, 0.1) is 4.92 Å². The Morgan fingerprint density at radius 3 is 2.96 bits per heavy atom. The maximum Gasteiger partial charge on any atom is 0.410 e. The first-order valence-electron chi connectivity index (χ1n) is 8.07. The molecule has 1 amide bonds. The van der Waals surface area contributed by atoms with Gasteiger partial charge in [0.25, 0.3) is 0 Å². The predicted molar refractivity (Wildman–Crippen MR) is 89.9 cm³/mol. The van der Waals surface area contributed by atoms with E-state index in [1.165, 1.54) is 18.3 Å². The lowest BCUT2D eigenvalue weighted by atomic mass is 9.98. The summed E-state index contributed by atoms with van der Waals surface area (Å²) >= 11 is 0. The number of carbonyl (C=O) groups excluding carboxylic acids is 1. The molecule has 1 aliphatic heterocycles. The molecule has 24 heavy (non-hydrogen) atoms. The standard InChI is InChI=1S/C16H24N4O4/c1-16(2,3)24-15(21)19-9-5-6-12(11-19)10-18-14-13(20(22)23)7-4-8-17-14/h4,7-8,12H,5-6,9-11H2,1-3H3,(H,17,18)/t12-/m0/s1. The first-order chi connectivity index (χ1) is 11.3. The molecule has 1 aromatic rings. The van der Waals surface area contributed by atoms with Crippen molar-refractivity contribution < 1.29 is 14.5 Å². The highest BCUT2D eigenvalue weighted by Gasteiger charge is 2.28. The van der Waals surface area contributed by atoms with Crippen LogP contribution in [-0.4, -0.2) is 46.1 Å². The molecule has 8 nitrogen and oxygen atoms in total. The van der Waals surface area contributed by atoms with Gasteiger partial charge >= 0.3 is 11.8 Å². The fraction of sp³-hybridized carbons (Fsp3) is 0.625. The minimum atomic E-state index is -0.517. The Kier molecular flexibility index (Phi) is 5.58. The molecule has 0 spiro atoms. The molecule has 0 radical (unpaired) electrons. The number of pyridine rings is 1. The van der Waals surface area contributed by atoms with Gasteiger partial charge in [0.15, 0.2) is 0 Å². The third-order valence-corrected chi connectivity index (χ3v) is 3.71. The molecule has 132 valence electrons. The van der Waals surface area contributed by atoms with Crippen molar-refractivity contribution in [2.45, 2.75) is 39.2 Å². The molecule has 0 saturated carbocycles. The molecule has 1 atom stereocenters. The zero-order valence-electron chi connectivity index (χ0n) is 14.3. The molecule has 2 heterocycles. The smallest absolute Gasteiger partial charge is 0.410 e. The molecule has 0 bridgehead atoms. The van der Waals surface area contributed by atoms with E-state index in [9.17, 15) is 14.9 Å². The van der Waals surface area contributed by atoms with Gasteiger partial charge in [-0.2, -0.15) is 0 Å². The van der Waals surface area contributed by atoms with E-state index in [-0.39, 0.29) is 23.5 Å². The molecule has 2 rings (SSSR count). The quantitative estimate of drug-likeness (QED) is 0.670. The number of anilines is 1. The van der Waals surface area contributed by atoms with Crippen LogP contribution in [0.2, 0.25) is 0 Å². The summed E-state index contributed by atoms with van der Waals surface area (Å²) in [4.78, 5) is 28.4. The fourth-order valence-corrected chi connectivity index (χ4v) is 2.65. The average Bonchev–Trinajstić information content (AvgIpc) is 2.52.